The lowest BCUT2D eigenvalue weighted by atomic mass is 10.1. The third-order valence-corrected chi connectivity index (χ3v) is 4.38. The molecule has 3 rings (SSSR count). The largest absolute Gasteiger partial charge is 0.452 e. The number of carbonyl (C=O) groups is 2. The van der Waals surface area contributed by atoms with Crippen molar-refractivity contribution >= 4 is 23.3 Å². The third-order valence-electron chi connectivity index (χ3n) is 4.38. The summed E-state index contributed by atoms with van der Waals surface area (Å²) in [5, 5.41) is 16.8. The molecule has 0 radical (unpaired) electrons. The first kappa shape index (κ1) is 20.2. The highest BCUT2D eigenvalue weighted by Crippen LogP contribution is 2.31. The molecule has 0 spiro atoms. The quantitative estimate of drug-likeness (QED) is 0.380. The van der Waals surface area contributed by atoms with E-state index in [0.717, 1.165) is 18.9 Å². The van der Waals surface area contributed by atoms with Crippen LogP contribution in [0.1, 0.15) is 28.8 Å². The molecule has 29 heavy (non-hydrogen) atoms. The van der Waals surface area contributed by atoms with E-state index in [4.69, 9.17) is 4.74 Å². The van der Waals surface area contributed by atoms with Crippen molar-refractivity contribution in [2.45, 2.75) is 25.3 Å². The summed E-state index contributed by atoms with van der Waals surface area (Å²) in [6.45, 7) is -0.351. The van der Waals surface area contributed by atoms with Gasteiger partial charge < -0.3 is 15.4 Å². The van der Waals surface area contributed by atoms with Crippen LogP contribution in [0.2, 0.25) is 0 Å². The summed E-state index contributed by atoms with van der Waals surface area (Å²) in [6, 6.07) is 10.5. The number of ether oxygens (including phenoxy) is 1. The molecule has 2 aromatic rings. The molecule has 1 aliphatic carbocycles. The van der Waals surface area contributed by atoms with Gasteiger partial charge in [0.05, 0.1) is 10.5 Å². The molecule has 0 unspecified atom stereocenters. The summed E-state index contributed by atoms with van der Waals surface area (Å²) >= 11 is 0. The Morgan fingerprint density at radius 1 is 1.21 bits per heavy atom. The molecule has 8 nitrogen and oxygen atoms in total. The molecular weight excluding hydrogens is 381 g/mol. The number of nitro groups is 1. The number of carbonyl (C=O) groups excluding carboxylic acids is 2. The lowest BCUT2D eigenvalue weighted by molar-refractivity contribution is -0.384. The zero-order chi connectivity index (χ0) is 20.8. The monoisotopic (exact) mass is 401 g/mol. The minimum atomic E-state index is -0.838. The number of nitrogens with zero attached hydrogens (tertiary/aromatic N) is 1. The second-order valence-electron chi connectivity index (χ2n) is 6.68. The van der Waals surface area contributed by atoms with E-state index in [1.807, 2.05) is 0 Å². The highest BCUT2D eigenvalue weighted by molar-refractivity contribution is 5.93. The van der Waals surface area contributed by atoms with Crippen molar-refractivity contribution in [1.29, 1.82) is 0 Å². The first-order valence-electron chi connectivity index (χ1n) is 9.16. The Balaban J connectivity index is 1.49. The zero-order valence-corrected chi connectivity index (χ0v) is 15.5. The molecule has 0 saturated heterocycles. The summed E-state index contributed by atoms with van der Waals surface area (Å²) in [5.74, 6) is -1.74. The molecule has 0 atom stereocenters. The molecule has 2 N–H and O–H groups in total. The van der Waals surface area contributed by atoms with Gasteiger partial charge in [0, 0.05) is 18.7 Å². The van der Waals surface area contributed by atoms with E-state index in [-0.39, 0.29) is 29.7 Å². The van der Waals surface area contributed by atoms with Crippen LogP contribution in [0, 0.1) is 15.9 Å². The molecule has 152 valence electrons. The smallest absolute Gasteiger partial charge is 0.338 e. The molecule has 1 saturated carbocycles. The van der Waals surface area contributed by atoms with E-state index in [9.17, 15) is 24.1 Å². The maximum atomic E-state index is 13.5. The maximum Gasteiger partial charge on any atom is 0.338 e. The number of amides is 1. The van der Waals surface area contributed by atoms with E-state index in [1.165, 1.54) is 18.2 Å². The average molecular weight is 401 g/mol. The van der Waals surface area contributed by atoms with Crippen LogP contribution in [0.3, 0.4) is 0 Å². The second kappa shape index (κ2) is 9.13. The number of nitro benzene ring substituents is 1. The molecule has 0 bridgehead atoms. The van der Waals surface area contributed by atoms with Crippen molar-refractivity contribution in [2.75, 3.05) is 18.5 Å². The summed E-state index contributed by atoms with van der Waals surface area (Å²) < 4.78 is 18.4. The SMILES string of the molecule is O=C(COC(=O)c1ccc(NC2CC2)c([N+](=O)[O-])c1)NCCc1ccccc1F. The van der Waals surface area contributed by atoms with Crippen LogP contribution in [-0.4, -0.2) is 36.0 Å². The predicted molar refractivity (Wildman–Crippen MR) is 103 cm³/mol. The minimum Gasteiger partial charge on any atom is -0.452 e. The molecule has 0 aromatic heterocycles. The van der Waals surface area contributed by atoms with Crippen LogP contribution in [-0.2, 0) is 16.0 Å². The van der Waals surface area contributed by atoms with Gasteiger partial charge in [0.15, 0.2) is 6.61 Å². The summed E-state index contributed by atoms with van der Waals surface area (Å²) in [7, 11) is 0. The highest BCUT2D eigenvalue weighted by Gasteiger charge is 2.26. The molecule has 0 aliphatic heterocycles. The topological polar surface area (TPSA) is 111 Å². The Kier molecular flexibility index (Phi) is 6.38. The number of esters is 1. The van der Waals surface area contributed by atoms with Crippen molar-refractivity contribution in [2.24, 2.45) is 0 Å². The minimum absolute atomic E-state index is 0.0165. The van der Waals surface area contributed by atoms with Crippen molar-refractivity contribution in [3.05, 3.63) is 69.5 Å². The zero-order valence-electron chi connectivity index (χ0n) is 15.5. The van der Waals surface area contributed by atoms with Gasteiger partial charge in [0.1, 0.15) is 11.5 Å². The van der Waals surface area contributed by atoms with E-state index in [0.29, 0.717) is 17.7 Å². The van der Waals surface area contributed by atoms with Crippen LogP contribution >= 0.6 is 0 Å². The van der Waals surface area contributed by atoms with E-state index in [2.05, 4.69) is 10.6 Å². The van der Waals surface area contributed by atoms with Crippen molar-refractivity contribution in [3.8, 4) is 0 Å². The Bertz CT molecular complexity index is 930. The Labute approximate surface area is 166 Å². The first-order valence-corrected chi connectivity index (χ1v) is 9.16. The number of benzene rings is 2. The number of rotatable bonds is 9. The third kappa shape index (κ3) is 5.74. The fourth-order valence-electron chi connectivity index (χ4n) is 2.68. The van der Waals surface area contributed by atoms with Crippen LogP contribution < -0.4 is 10.6 Å². The van der Waals surface area contributed by atoms with Gasteiger partial charge in [-0.15, -0.1) is 0 Å². The molecule has 2 aromatic carbocycles. The lowest BCUT2D eigenvalue weighted by Gasteiger charge is -2.09. The van der Waals surface area contributed by atoms with E-state index >= 15 is 0 Å². The second-order valence-corrected chi connectivity index (χ2v) is 6.68. The van der Waals surface area contributed by atoms with Gasteiger partial charge in [0.2, 0.25) is 0 Å². The summed E-state index contributed by atoms with van der Waals surface area (Å²) in [6.07, 6.45) is 2.20. The van der Waals surface area contributed by atoms with E-state index < -0.39 is 23.4 Å². The van der Waals surface area contributed by atoms with Crippen LogP contribution in [0.4, 0.5) is 15.8 Å². The van der Waals surface area contributed by atoms with E-state index in [1.54, 1.807) is 18.2 Å². The van der Waals surface area contributed by atoms with Crippen LogP contribution in [0.25, 0.3) is 0 Å². The fourth-order valence-corrected chi connectivity index (χ4v) is 2.68. The summed E-state index contributed by atoms with van der Waals surface area (Å²) in [4.78, 5) is 34.6. The number of hydrogen-bond donors (Lipinski definition) is 2. The van der Waals surface area contributed by atoms with Crippen LogP contribution in [0.5, 0.6) is 0 Å². The van der Waals surface area contributed by atoms with Gasteiger partial charge in [0.25, 0.3) is 11.6 Å². The standard InChI is InChI=1S/C20H20FN3O5/c21-16-4-2-1-3-13(16)9-10-22-19(25)12-29-20(26)14-5-8-17(23-15-6-7-15)18(11-14)24(27)28/h1-5,8,11,15,23H,6-7,9-10,12H2,(H,22,25). The number of hydrogen-bond acceptors (Lipinski definition) is 6. The van der Waals surface area contributed by atoms with Gasteiger partial charge in [-0.1, -0.05) is 18.2 Å². The molecule has 1 amide bonds. The van der Waals surface area contributed by atoms with Gasteiger partial charge >= 0.3 is 5.97 Å². The normalized spacial score (nSPS) is 12.9. The number of anilines is 1. The fraction of sp³-hybridized carbons (Fsp3) is 0.300. The van der Waals surface area contributed by atoms with Crippen molar-refractivity contribution in [1.82, 2.24) is 5.32 Å². The van der Waals surface area contributed by atoms with Gasteiger partial charge in [-0.05, 0) is 43.0 Å². The lowest BCUT2D eigenvalue weighted by Crippen LogP contribution is -2.30. The average Bonchev–Trinajstić information content (AvgIpc) is 3.52. The number of nitrogens with one attached hydrogen (secondary N) is 2. The summed E-state index contributed by atoms with van der Waals surface area (Å²) in [5.41, 5.74) is 0.579. The maximum absolute atomic E-state index is 13.5. The van der Waals surface area contributed by atoms with Crippen LogP contribution in [0.15, 0.2) is 42.5 Å². The first-order chi connectivity index (χ1) is 13.9. The van der Waals surface area contributed by atoms with Gasteiger partial charge in [-0.2, -0.15) is 0 Å². The highest BCUT2D eigenvalue weighted by atomic mass is 19.1. The van der Waals surface area contributed by atoms with Crippen molar-refractivity contribution < 1.29 is 23.6 Å². The molecule has 9 heteroatoms. The van der Waals surface area contributed by atoms with Gasteiger partial charge in [-0.25, -0.2) is 9.18 Å². The molecule has 1 aliphatic rings. The molecular formula is C20H20FN3O5. The predicted octanol–water partition coefficient (Wildman–Crippen LogP) is 2.82. The number of halogens is 1. The Morgan fingerprint density at radius 3 is 2.66 bits per heavy atom. The van der Waals surface area contributed by atoms with Gasteiger partial charge in [-0.3, -0.25) is 14.9 Å². The van der Waals surface area contributed by atoms with Crippen molar-refractivity contribution in [3.63, 3.8) is 0 Å². The Morgan fingerprint density at radius 2 is 1.97 bits per heavy atom. The molecule has 1 fully saturated rings. The molecule has 0 heterocycles. The Hall–Kier alpha value is -3.49.